The number of nitrogens with one attached hydrogen (secondary N) is 1. The van der Waals surface area contributed by atoms with Crippen molar-refractivity contribution in [2.45, 2.75) is 45.6 Å². The normalized spacial score (nSPS) is 18.2. The SMILES string of the molecule is CC#CCC(CC1CC1)NCC. The van der Waals surface area contributed by atoms with E-state index in [0.29, 0.717) is 6.04 Å². The highest BCUT2D eigenvalue weighted by molar-refractivity contribution is 4.99. The molecule has 1 atom stereocenters. The molecule has 1 nitrogen and oxygen atoms in total. The second-order valence-electron chi connectivity index (χ2n) is 3.56. The van der Waals surface area contributed by atoms with Gasteiger partial charge in [-0.1, -0.05) is 19.8 Å². The summed E-state index contributed by atoms with van der Waals surface area (Å²) in [6.07, 6.45) is 5.26. The first-order valence-electron chi connectivity index (χ1n) is 4.99. The van der Waals surface area contributed by atoms with Crippen molar-refractivity contribution in [2.24, 2.45) is 5.92 Å². The van der Waals surface area contributed by atoms with E-state index in [0.717, 1.165) is 18.9 Å². The molecule has 0 aromatic heterocycles. The Bertz CT molecular complexity index is 171. The molecule has 1 rings (SSSR count). The van der Waals surface area contributed by atoms with Crippen LogP contribution in [0.5, 0.6) is 0 Å². The molecule has 1 unspecified atom stereocenters. The number of hydrogen-bond acceptors (Lipinski definition) is 1. The molecule has 0 heterocycles. The van der Waals surface area contributed by atoms with E-state index in [9.17, 15) is 0 Å². The van der Waals surface area contributed by atoms with Crippen LogP contribution in [0.3, 0.4) is 0 Å². The van der Waals surface area contributed by atoms with Crippen molar-refractivity contribution in [3.8, 4) is 11.8 Å². The molecule has 68 valence electrons. The average molecular weight is 165 g/mol. The molecule has 0 bridgehead atoms. The van der Waals surface area contributed by atoms with Crippen LogP contribution in [0, 0.1) is 17.8 Å². The van der Waals surface area contributed by atoms with Crippen LogP contribution in [-0.2, 0) is 0 Å². The second-order valence-corrected chi connectivity index (χ2v) is 3.56. The third-order valence-corrected chi connectivity index (χ3v) is 2.33. The largest absolute Gasteiger partial charge is 0.313 e. The highest BCUT2D eigenvalue weighted by Crippen LogP contribution is 2.33. The van der Waals surface area contributed by atoms with E-state index < -0.39 is 0 Å². The molecule has 12 heavy (non-hydrogen) atoms. The summed E-state index contributed by atoms with van der Waals surface area (Å²) in [4.78, 5) is 0. The quantitative estimate of drug-likeness (QED) is 0.616. The Hall–Kier alpha value is -0.480. The van der Waals surface area contributed by atoms with Gasteiger partial charge < -0.3 is 5.32 Å². The molecule has 0 saturated heterocycles. The fraction of sp³-hybridized carbons (Fsp3) is 0.818. The van der Waals surface area contributed by atoms with Crippen molar-refractivity contribution in [3.05, 3.63) is 0 Å². The summed E-state index contributed by atoms with van der Waals surface area (Å²) in [5, 5.41) is 3.49. The van der Waals surface area contributed by atoms with Gasteiger partial charge >= 0.3 is 0 Å². The van der Waals surface area contributed by atoms with Gasteiger partial charge in [-0.2, -0.15) is 0 Å². The molecule has 0 amide bonds. The summed E-state index contributed by atoms with van der Waals surface area (Å²) in [5.41, 5.74) is 0. The van der Waals surface area contributed by atoms with Crippen LogP contribution < -0.4 is 5.32 Å². The van der Waals surface area contributed by atoms with Gasteiger partial charge in [0.2, 0.25) is 0 Å². The van der Waals surface area contributed by atoms with Crippen molar-refractivity contribution in [1.82, 2.24) is 5.32 Å². The van der Waals surface area contributed by atoms with Gasteiger partial charge in [-0.3, -0.25) is 0 Å². The van der Waals surface area contributed by atoms with E-state index in [1.54, 1.807) is 0 Å². The topological polar surface area (TPSA) is 12.0 Å². The molecule has 1 saturated carbocycles. The van der Waals surface area contributed by atoms with Gasteiger partial charge in [0.15, 0.2) is 0 Å². The molecular formula is C11H19N. The molecule has 0 aromatic rings. The zero-order valence-corrected chi connectivity index (χ0v) is 8.19. The molecule has 0 radical (unpaired) electrons. The van der Waals surface area contributed by atoms with E-state index in [2.05, 4.69) is 24.1 Å². The Morgan fingerprint density at radius 2 is 2.25 bits per heavy atom. The molecule has 1 N–H and O–H groups in total. The maximum absolute atomic E-state index is 3.49. The predicted molar refractivity (Wildman–Crippen MR) is 52.9 cm³/mol. The summed E-state index contributed by atoms with van der Waals surface area (Å²) in [6, 6.07) is 0.648. The van der Waals surface area contributed by atoms with Crippen LogP contribution in [0.25, 0.3) is 0 Å². The van der Waals surface area contributed by atoms with Gasteiger partial charge in [0, 0.05) is 12.5 Å². The zero-order valence-electron chi connectivity index (χ0n) is 8.19. The van der Waals surface area contributed by atoms with Crippen molar-refractivity contribution in [3.63, 3.8) is 0 Å². The molecule has 1 aliphatic carbocycles. The standard InChI is InChI=1S/C11H19N/c1-3-5-6-11(12-4-2)9-10-7-8-10/h10-12H,4,6-9H2,1-2H3. The van der Waals surface area contributed by atoms with Crippen LogP contribution in [0.2, 0.25) is 0 Å². The summed E-state index contributed by atoms with van der Waals surface area (Å²) >= 11 is 0. The van der Waals surface area contributed by atoms with Crippen LogP contribution in [0.15, 0.2) is 0 Å². The third kappa shape index (κ3) is 3.78. The number of rotatable bonds is 5. The van der Waals surface area contributed by atoms with Crippen molar-refractivity contribution in [2.75, 3.05) is 6.54 Å². The zero-order chi connectivity index (χ0) is 8.81. The minimum atomic E-state index is 0.648. The lowest BCUT2D eigenvalue weighted by Crippen LogP contribution is -2.28. The fourth-order valence-electron chi connectivity index (χ4n) is 1.51. The minimum Gasteiger partial charge on any atom is -0.313 e. The van der Waals surface area contributed by atoms with E-state index in [4.69, 9.17) is 0 Å². The van der Waals surface area contributed by atoms with Crippen LogP contribution in [0.1, 0.15) is 39.5 Å². The van der Waals surface area contributed by atoms with E-state index in [1.807, 2.05) is 6.92 Å². The first-order valence-corrected chi connectivity index (χ1v) is 4.99. The fourth-order valence-corrected chi connectivity index (χ4v) is 1.51. The summed E-state index contributed by atoms with van der Waals surface area (Å²) < 4.78 is 0. The third-order valence-electron chi connectivity index (χ3n) is 2.33. The molecule has 0 aromatic carbocycles. The average Bonchev–Trinajstić information content (AvgIpc) is 2.84. The van der Waals surface area contributed by atoms with Crippen LogP contribution in [0.4, 0.5) is 0 Å². The predicted octanol–water partition coefficient (Wildman–Crippen LogP) is 2.18. The minimum absolute atomic E-state index is 0.648. The van der Waals surface area contributed by atoms with E-state index in [-0.39, 0.29) is 0 Å². The number of hydrogen-bond donors (Lipinski definition) is 1. The lowest BCUT2D eigenvalue weighted by molar-refractivity contribution is 0.477. The van der Waals surface area contributed by atoms with Gasteiger partial charge in [-0.15, -0.1) is 11.8 Å². The molecule has 0 aliphatic heterocycles. The van der Waals surface area contributed by atoms with Crippen molar-refractivity contribution in [1.29, 1.82) is 0 Å². The molecule has 1 heteroatoms. The van der Waals surface area contributed by atoms with Gasteiger partial charge in [0.1, 0.15) is 0 Å². The summed E-state index contributed by atoms with van der Waals surface area (Å²) in [5.74, 6) is 7.12. The lowest BCUT2D eigenvalue weighted by Gasteiger charge is -2.13. The van der Waals surface area contributed by atoms with Gasteiger partial charge in [0.25, 0.3) is 0 Å². The Morgan fingerprint density at radius 1 is 1.50 bits per heavy atom. The monoisotopic (exact) mass is 165 g/mol. The van der Waals surface area contributed by atoms with E-state index >= 15 is 0 Å². The van der Waals surface area contributed by atoms with Gasteiger partial charge in [-0.05, 0) is 25.8 Å². The molecule has 1 aliphatic rings. The lowest BCUT2D eigenvalue weighted by atomic mass is 10.1. The Labute approximate surface area is 75.9 Å². The second kappa shape index (κ2) is 5.22. The smallest absolute Gasteiger partial charge is 0.0243 e. The summed E-state index contributed by atoms with van der Waals surface area (Å²) in [7, 11) is 0. The summed E-state index contributed by atoms with van der Waals surface area (Å²) in [6.45, 7) is 5.15. The Balaban J connectivity index is 2.18. The highest BCUT2D eigenvalue weighted by Gasteiger charge is 2.24. The van der Waals surface area contributed by atoms with Crippen LogP contribution in [-0.4, -0.2) is 12.6 Å². The van der Waals surface area contributed by atoms with Crippen LogP contribution >= 0.6 is 0 Å². The first-order chi connectivity index (χ1) is 5.86. The van der Waals surface area contributed by atoms with Crippen molar-refractivity contribution >= 4 is 0 Å². The van der Waals surface area contributed by atoms with Crippen molar-refractivity contribution < 1.29 is 0 Å². The van der Waals surface area contributed by atoms with E-state index in [1.165, 1.54) is 19.3 Å². The van der Waals surface area contributed by atoms with Gasteiger partial charge in [-0.25, -0.2) is 0 Å². The molecular weight excluding hydrogens is 146 g/mol. The Kier molecular flexibility index (Phi) is 4.18. The molecule has 1 fully saturated rings. The maximum atomic E-state index is 3.49. The maximum Gasteiger partial charge on any atom is 0.0243 e. The highest BCUT2D eigenvalue weighted by atomic mass is 14.9. The first kappa shape index (κ1) is 9.61. The molecule has 0 spiro atoms. The Morgan fingerprint density at radius 3 is 2.75 bits per heavy atom. The van der Waals surface area contributed by atoms with Gasteiger partial charge in [0.05, 0.1) is 0 Å².